The van der Waals surface area contributed by atoms with E-state index >= 15 is 0 Å². The summed E-state index contributed by atoms with van der Waals surface area (Å²) in [5.41, 5.74) is -0.841. The Morgan fingerprint density at radius 1 is 0.818 bits per heavy atom. The van der Waals surface area contributed by atoms with Crippen LogP contribution in [-0.2, 0) is 23.7 Å². The van der Waals surface area contributed by atoms with Crippen LogP contribution in [0.5, 0.6) is 28.7 Å². The topological polar surface area (TPSA) is 296 Å². The summed E-state index contributed by atoms with van der Waals surface area (Å²) in [6, 6.07) is 12.0. The summed E-state index contributed by atoms with van der Waals surface area (Å²) in [6.07, 6.45) is -16.0. The molecule has 0 aliphatic carbocycles. The van der Waals surface area contributed by atoms with Crippen LogP contribution in [0.1, 0.15) is 17.2 Å². The van der Waals surface area contributed by atoms with Gasteiger partial charge in [-0.05, 0) is 42.0 Å². The zero-order valence-electron chi connectivity index (χ0n) is 28.8. The highest BCUT2D eigenvalue weighted by Crippen LogP contribution is 2.46. The molecule has 3 aromatic carbocycles. The van der Waals surface area contributed by atoms with Gasteiger partial charge in [0.25, 0.3) is 0 Å². The van der Waals surface area contributed by atoms with E-state index in [1.807, 2.05) is 0 Å². The third-order valence-corrected chi connectivity index (χ3v) is 9.28. The first-order valence-corrected chi connectivity index (χ1v) is 16.7. The van der Waals surface area contributed by atoms with Crippen molar-refractivity contribution >= 4 is 23.0 Å². The van der Waals surface area contributed by atoms with E-state index in [2.05, 4.69) is 0 Å². The Labute approximate surface area is 310 Å². The predicted octanol–water partition coefficient (Wildman–Crippen LogP) is -0.106. The monoisotopic (exact) mass is 770 g/mol. The number of benzene rings is 3. The molecule has 1 aromatic heterocycles. The number of methoxy groups -OCH3 is 1. The highest BCUT2D eigenvalue weighted by atomic mass is 16.7. The number of aliphatic hydroxyl groups excluding tert-OH is 6. The summed E-state index contributed by atoms with van der Waals surface area (Å²) in [5.74, 6) is -2.68. The van der Waals surface area contributed by atoms with Crippen LogP contribution in [0.4, 0.5) is 0 Å². The van der Waals surface area contributed by atoms with Crippen molar-refractivity contribution < 1.29 is 84.0 Å². The zero-order chi connectivity index (χ0) is 39.7. The number of phenolic OH excluding ortho intramolecular Hbond substituents is 4. The van der Waals surface area contributed by atoms with Gasteiger partial charge >= 0.3 is 5.97 Å². The molecule has 55 heavy (non-hydrogen) atoms. The van der Waals surface area contributed by atoms with E-state index in [0.717, 1.165) is 18.2 Å². The molecule has 0 saturated carbocycles. The van der Waals surface area contributed by atoms with Crippen LogP contribution in [0.25, 0.3) is 28.4 Å². The number of rotatable bonds is 10. The quantitative estimate of drug-likeness (QED) is 0.0743. The molecule has 2 aliphatic heterocycles. The first-order chi connectivity index (χ1) is 26.2. The number of esters is 1. The molecule has 4 aromatic rings. The molecular formula is C37H38O18. The Bertz CT molecular complexity index is 2100. The fraction of sp³-hybridized carbons (Fsp3) is 0.351. The van der Waals surface area contributed by atoms with Gasteiger partial charge in [-0.3, -0.25) is 4.79 Å². The number of fused-ring (bicyclic) bond motifs is 1. The van der Waals surface area contributed by atoms with Gasteiger partial charge in [0.2, 0.25) is 0 Å². The predicted molar refractivity (Wildman–Crippen MR) is 186 cm³/mol. The minimum absolute atomic E-state index is 0.0173. The standard InChI is InChI=1S/C37H38O18/c1-50-22-10-16(5-8-18(22)40)21-11-19(41)27-23(52-21)12-20(42)28(31(27)46)35-36(33(48)29(44)24(13-38)53-35)55-37-34(49)32(47)30(45)25(54-37)14-51-26(43)9-4-15-2-6-17(39)7-3-15/h2-12,24-25,29-30,32-40,42,44-49H,13-14H2,1H3/b9-4+/t24-,25-,29-,30-,32+,33+,34-,35+,36-,37+/m1/s1. The second kappa shape index (κ2) is 16.2. The average Bonchev–Trinajstić information content (AvgIpc) is 3.16. The second-order valence-corrected chi connectivity index (χ2v) is 12.8. The van der Waals surface area contributed by atoms with Crippen molar-refractivity contribution in [3.05, 3.63) is 82.0 Å². The van der Waals surface area contributed by atoms with E-state index < -0.39 is 108 Å². The molecule has 18 heteroatoms. The molecule has 10 N–H and O–H groups in total. The smallest absolute Gasteiger partial charge is 0.330 e. The van der Waals surface area contributed by atoms with Crippen LogP contribution in [-0.4, -0.2) is 132 Å². The molecule has 0 unspecified atom stereocenters. The normalized spacial score (nSPS) is 28.3. The van der Waals surface area contributed by atoms with E-state index in [0.29, 0.717) is 11.1 Å². The largest absolute Gasteiger partial charge is 0.508 e. The second-order valence-electron chi connectivity index (χ2n) is 12.8. The van der Waals surface area contributed by atoms with Crippen molar-refractivity contribution in [2.75, 3.05) is 20.3 Å². The zero-order valence-corrected chi connectivity index (χ0v) is 28.8. The van der Waals surface area contributed by atoms with Gasteiger partial charge in [-0.15, -0.1) is 0 Å². The number of hydrogen-bond donors (Lipinski definition) is 10. The molecule has 18 nitrogen and oxygen atoms in total. The summed E-state index contributed by atoms with van der Waals surface area (Å²) in [5, 5.41) is 106. The minimum Gasteiger partial charge on any atom is -0.508 e. The van der Waals surface area contributed by atoms with Gasteiger partial charge in [-0.2, -0.15) is 0 Å². The number of ether oxygens (including phenoxy) is 5. The first kappa shape index (κ1) is 39.4. The van der Waals surface area contributed by atoms with Crippen LogP contribution in [0.15, 0.2) is 69.9 Å². The average molecular weight is 771 g/mol. The summed E-state index contributed by atoms with van der Waals surface area (Å²) in [4.78, 5) is 25.8. The SMILES string of the molecule is COc1cc(-c2cc(=O)c3c(O)c([C@@H]4O[C@H](CO)[C@@H](O)[C@H](O)[C@H]4O[C@@H]4O[C@H](COC(=O)/C=C/c5ccc(O)cc5)[C@@H](O)[C@H](O)[C@H]4O)c(O)cc3o2)ccc1O. The van der Waals surface area contributed by atoms with Crippen molar-refractivity contribution in [2.24, 2.45) is 0 Å². The van der Waals surface area contributed by atoms with E-state index in [1.54, 1.807) is 0 Å². The minimum atomic E-state index is -2.03. The van der Waals surface area contributed by atoms with Crippen LogP contribution in [0.2, 0.25) is 0 Å². The number of aromatic hydroxyl groups is 4. The van der Waals surface area contributed by atoms with Gasteiger partial charge in [0, 0.05) is 23.8 Å². The van der Waals surface area contributed by atoms with Crippen LogP contribution < -0.4 is 10.2 Å². The molecule has 10 atom stereocenters. The molecule has 0 bridgehead atoms. The van der Waals surface area contributed by atoms with Gasteiger partial charge in [-0.1, -0.05) is 12.1 Å². The van der Waals surface area contributed by atoms with Crippen LogP contribution >= 0.6 is 0 Å². The maximum atomic E-state index is 13.4. The Morgan fingerprint density at radius 2 is 1.53 bits per heavy atom. The van der Waals surface area contributed by atoms with Gasteiger partial charge in [0.15, 0.2) is 23.2 Å². The Balaban J connectivity index is 1.28. The lowest BCUT2D eigenvalue weighted by Gasteiger charge is -2.46. The highest BCUT2D eigenvalue weighted by Gasteiger charge is 2.52. The van der Waals surface area contributed by atoms with Crippen molar-refractivity contribution in [1.29, 1.82) is 0 Å². The molecular weight excluding hydrogens is 732 g/mol. The van der Waals surface area contributed by atoms with E-state index in [1.165, 1.54) is 55.7 Å². The molecule has 0 amide bonds. The maximum Gasteiger partial charge on any atom is 0.330 e. The van der Waals surface area contributed by atoms with Gasteiger partial charge in [0.05, 0.1) is 19.3 Å². The number of carbonyl (C=O) groups excluding carboxylic acids is 1. The van der Waals surface area contributed by atoms with E-state index in [9.17, 15) is 60.7 Å². The molecule has 294 valence electrons. The van der Waals surface area contributed by atoms with Crippen molar-refractivity contribution in [2.45, 2.75) is 61.2 Å². The fourth-order valence-corrected chi connectivity index (χ4v) is 6.32. The lowest BCUT2D eigenvalue weighted by molar-refractivity contribution is -0.342. The lowest BCUT2D eigenvalue weighted by atomic mass is 9.89. The maximum absolute atomic E-state index is 13.4. The summed E-state index contributed by atoms with van der Waals surface area (Å²) < 4.78 is 33.3. The molecule has 0 radical (unpaired) electrons. The number of hydrogen-bond acceptors (Lipinski definition) is 18. The van der Waals surface area contributed by atoms with Crippen molar-refractivity contribution in [3.63, 3.8) is 0 Å². The Kier molecular flexibility index (Phi) is 11.6. The molecule has 2 saturated heterocycles. The Hall–Kier alpha value is -5.28. The lowest BCUT2D eigenvalue weighted by Crippen LogP contribution is -2.63. The third kappa shape index (κ3) is 7.94. The van der Waals surface area contributed by atoms with Crippen LogP contribution in [0, 0.1) is 0 Å². The van der Waals surface area contributed by atoms with Gasteiger partial charge < -0.3 is 79.2 Å². The molecule has 2 fully saturated rings. The van der Waals surface area contributed by atoms with Crippen molar-refractivity contribution in [1.82, 2.24) is 0 Å². The highest BCUT2D eigenvalue weighted by molar-refractivity contribution is 5.88. The number of phenols is 4. The molecule has 6 rings (SSSR count). The summed E-state index contributed by atoms with van der Waals surface area (Å²) in [7, 11) is 1.32. The van der Waals surface area contributed by atoms with Crippen LogP contribution in [0.3, 0.4) is 0 Å². The molecule has 0 spiro atoms. The van der Waals surface area contributed by atoms with Crippen molar-refractivity contribution in [3.8, 4) is 40.1 Å². The van der Waals surface area contributed by atoms with Gasteiger partial charge in [0.1, 0.15) is 95.5 Å². The third-order valence-electron chi connectivity index (χ3n) is 9.28. The number of carbonyl (C=O) groups is 1. The summed E-state index contributed by atoms with van der Waals surface area (Å²) >= 11 is 0. The molecule has 3 heterocycles. The Morgan fingerprint density at radius 3 is 2.22 bits per heavy atom. The van der Waals surface area contributed by atoms with E-state index in [4.69, 9.17) is 28.1 Å². The van der Waals surface area contributed by atoms with E-state index in [-0.39, 0.29) is 28.6 Å². The molecule has 2 aliphatic rings. The first-order valence-electron chi connectivity index (χ1n) is 16.7. The fourth-order valence-electron chi connectivity index (χ4n) is 6.32. The number of aliphatic hydroxyl groups is 6. The summed E-state index contributed by atoms with van der Waals surface area (Å²) in [6.45, 7) is -1.55. The van der Waals surface area contributed by atoms with Gasteiger partial charge in [-0.25, -0.2) is 4.79 Å².